The lowest BCUT2D eigenvalue weighted by molar-refractivity contribution is -0.153. The second-order valence-electron chi connectivity index (χ2n) is 7.57. The van der Waals surface area contributed by atoms with Gasteiger partial charge in [0.15, 0.2) is 6.61 Å². The Labute approximate surface area is 206 Å². The molecule has 2 amide bonds. The molecule has 0 unspecified atom stereocenters. The van der Waals surface area contributed by atoms with Crippen LogP contribution in [0.25, 0.3) is 0 Å². The zero-order valence-electron chi connectivity index (χ0n) is 18.4. The molecular weight excluding hydrogens is 480 g/mol. The number of carbonyl (C=O) groups excluding carboxylic acids is 3. The Hall–Kier alpha value is -3.17. The summed E-state index contributed by atoms with van der Waals surface area (Å²) in [5.74, 6) is 0.381. The van der Waals surface area contributed by atoms with Gasteiger partial charge in [-0.05, 0) is 35.4 Å². The number of esters is 1. The molecule has 2 heterocycles. The molecule has 2 aromatic carbocycles. The summed E-state index contributed by atoms with van der Waals surface area (Å²) in [5.41, 5.74) is 1.55. The lowest BCUT2D eigenvalue weighted by Gasteiger charge is -2.49. The highest BCUT2D eigenvalue weighted by atomic mass is 35.5. The fourth-order valence-electron chi connectivity index (χ4n) is 3.59. The number of ether oxygens (including phenoxy) is 3. The SMILES string of the molecule is COc1ccc(COC(=O)C2=C(CCl)CS[C@H]3[C@H](NC(=O)COc4ccccc4)C(=O)N23)cc1. The predicted octanol–water partition coefficient (Wildman–Crippen LogP) is 2.71. The van der Waals surface area contributed by atoms with E-state index >= 15 is 0 Å². The fraction of sp³-hybridized carbons (Fsp3) is 0.292. The van der Waals surface area contributed by atoms with E-state index in [0.29, 0.717) is 22.8 Å². The largest absolute Gasteiger partial charge is 0.497 e. The quantitative estimate of drug-likeness (QED) is 0.320. The van der Waals surface area contributed by atoms with Crippen LogP contribution in [0.1, 0.15) is 5.56 Å². The molecule has 1 N–H and O–H groups in total. The number of methoxy groups -OCH3 is 1. The molecule has 34 heavy (non-hydrogen) atoms. The van der Waals surface area contributed by atoms with Crippen LogP contribution >= 0.6 is 23.4 Å². The molecule has 10 heteroatoms. The number of rotatable bonds is 9. The third-order valence-electron chi connectivity index (χ3n) is 5.36. The van der Waals surface area contributed by atoms with Crippen molar-refractivity contribution >= 4 is 41.1 Å². The first-order valence-electron chi connectivity index (χ1n) is 10.5. The van der Waals surface area contributed by atoms with Crippen molar-refractivity contribution < 1.29 is 28.6 Å². The van der Waals surface area contributed by atoms with E-state index in [-0.39, 0.29) is 30.7 Å². The minimum Gasteiger partial charge on any atom is -0.497 e. The van der Waals surface area contributed by atoms with Crippen LogP contribution in [0.3, 0.4) is 0 Å². The summed E-state index contributed by atoms with van der Waals surface area (Å²) < 4.78 is 16.0. The summed E-state index contributed by atoms with van der Waals surface area (Å²) in [4.78, 5) is 39.5. The Morgan fingerprint density at radius 1 is 1.12 bits per heavy atom. The van der Waals surface area contributed by atoms with Crippen LogP contribution in [0.2, 0.25) is 0 Å². The normalized spacial score (nSPS) is 19.1. The number of carbonyl (C=O) groups is 3. The molecule has 2 aromatic rings. The van der Waals surface area contributed by atoms with Crippen LogP contribution in [-0.4, -0.2) is 59.4 Å². The number of hydrogen-bond donors (Lipinski definition) is 1. The summed E-state index contributed by atoms with van der Waals surface area (Å²) in [6, 6.07) is 15.3. The molecule has 0 radical (unpaired) electrons. The van der Waals surface area contributed by atoms with Crippen molar-refractivity contribution in [2.45, 2.75) is 18.0 Å². The minimum atomic E-state index is -0.752. The van der Waals surface area contributed by atoms with Crippen LogP contribution in [0.5, 0.6) is 11.5 Å². The first kappa shape index (κ1) is 24.0. The Kier molecular flexibility index (Phi) is 7.64. The molecule has 2 aliphatic rings. The van der Waals surface area contributed by atoms with E-state index in [9.17, 15) is 14.4 Å². The third kappa shape index (κ3) is 5.15. The smallest absolute Gasteiger partial charge is 0.355 e. The second-order valence-corrected chi connectivity index (χ2v) is 8.94. The van der Waals surface area contributed by atoms with Gasteiger partial charge in [0.25, 0.3) is 11.8 Å². The van der Waals surface area contributed by atoms with Crippen LogP contribution in [-0.2, 0) is 25.7 Å². The number of para-hydroxylation sites is 1. The molecule has 0 bridgehead atoms. The average Bonchev–Trinajstić information content (AvgIpc) is 2.89. The van der Waals surface area contributed by atoms with E-state index in [0.717, 1.165) is 5.56 Å². The van der Waals surface area contributed by atoms with E-state index in [1.165, 1.54) is 16.7 Å². The van der Waals surface area contributed by atoms with Crippen molar-refractivity contribution in [2.75, 3.05) is 25.3 Å². The summed E-state index contributed by atoms with van der Waals surface area (Å²) >= 11 is 7.50. The number of nitrogens with zero attached hydrogens (tertiary/aromatic N) is 1. The molecule has 2 aliphatic heterocycles. The van der Waals surface area contributed by atoms with Gasteiger partial charge in [-0.2, -0.15) is 0 Å². The standard InChI is InChI=1S/C24H23ClN2O6S/c1-31-17-9-7-15(8-10-17)12-33-24(30)21-16(11-25)14-34-23-20(22(29)27(21)23)26-19(28)13-32-18-5-3-2-4-6-18/h2-10,20,23H,11-14H2,1H3,(H,26,28)/t20-,23+/m1/s1. The van der Waals surface area contributed by atoms with Crippen LogP contribution in [0.4, 0.5) is 0 Å². The van der Waals surface area contributed by atoms with E-state index < -0.39 is 23.3 Å². The maximum absolute atomic E-state index is 12.9. The monoisotopic (exact) mass is 502 g/mol. The maximum atomic E-state index is 12.9. The highest BCUT2D eigenvalue weighted by molar-refractivity contribution is 8.00. The average molecular weight is 503 g/mol. The molecule has 2 atom stereocenters. The van der Waals surface area contributed by atoms with Crippen molar-refractivity contribution in [3.05, 3.63) is 71.4 Å². The van der Waals surface area contributed by atoms with Crippen molar-refractivity contribution in [3.63, 3.8) is 0 Å². The Morgan fingerprint density at radius 2 is 1.85 bits per heavy atom. The highest BCUT2D eigenvalue weighted by Gasteiger charge is 2.54. The molecule has 1 saturated heterocycles. The molecule has 0 aliphatic carbocycles. The van der Waals surface area contributed by atoms with Gasteiger partial charge in [0.2, 0.25) is 0 Å². The molecule has 0 aromatic heterocycles. The van der Waals surface area contributed by atoms with Gasteiger partial charge in [-0.1, -0.05) is 30.3 Å². The molecule has 4 rings (SSSR count). The number of β-lactam (4-membered cyclic amide) rings is 1. The van der Waals surface area contributed by atoms with Gasteiger partial charge in [0.1, 0.15) is 35.2 Å². The molecule has 0 saturated carbocycles. The van der Waals surface area contributed by atoms with Crippen molar-refractivity contribution in [3.8, 4) is 11.5 Å². The zero-order valence-corrected chi connectivity index (χ0v) is 19.9. The van der Waals surface area contributed by atoms with Gasteiger partial charge >= 0.3 is 5.97 Å². The first-order chi connectivity index (χ1) is 16.5. The minimum absolute atomic E-state index is 0.0404. The summed E-state index contributed by atoms with van der Waals surface area (Å²) in [5, 5.41) is 2.29. The Morgan fingerprint density at radius 3 is 2.53 bits per heavy atom. The van der Waals surface area contributed by atoms with Gasteiger partial charge in [-0.15, -0.1) is 23.4 Å². The number of hydrogen-bond acceptors (Lipinski definition) is 7. The van der Waals surface area contributed by atoms with Gasteiger partial charge < -0.3 is 19.5 Å². The molecular formula is C24H23ClN2O6S. The van der Waals surface area contributed by atoms with Gasteiger partial charge in [0, 0.05) is 11.6 Å². The number of amides is 2. The van der Waals surface area contributed by atoms with E-state index in [1.54, 1.807) is 55.6 Å². The molecule has 178 valence electrons. The molecule has 0 spiro atoms. The Balaban J connectivity index is 1.37. The maximum Gasteiger partial charge on any atom is 0.355 e. The van der Waals surface area contributed by atoms with Gasteiger partial charge in [0.05, 0.1) is 7.11 Å². The zero-order chi connectivity index (χ0) is 24.1. The number of thioether (sulfide) groups is 1. The number of fused-ring (bicyclic) bond motifs is 1. The number of nitrogens with one attached hydrogen (secondary N) is 1. The van der Waals surface area contributed by atoms with Crippen molar-refractivity contribution in [1.29, 1.82) is 0 Å². The number of alkyl halides is 1. The topological polar surface area (TPSA) is 94.2 Å². The van der Waals surface area contributed by atoms with Gasteiger partial charge in [-0.3, -0.25) is 14.5 Å². The summed E-state index contributed by atoms with van der Waals surface area (Å²) in [7, 11) is 1.57. The van der Waals surface area contributed by atoms with Crippen LogP contribution in [0.15, 0.2) is 65.9 Å². The van der Waals surface area contributed by atoms with Crippen molar-refractivity contribution in [1.82, 2.24) is 10.2 Å². The predicted molar refractivity (Wildman–Crippen MR) is 127 cm³/mol. The van der Waals surface area contributed by atoms with E-state index in [4.69, 9.17) is 25.8 Å². The number of halogens is 1. The second kappa shape index (κ2) is 10.8. The fourth-order valence-corrected chi connectivity index (χ4v) is 5.27. The van der Waals surface area contributed by atoms with Crippen molar-refractivity contribution in [2.24, 2.45) is 0 Å². The highest BCUT2D eigenvalue weighted by Crippen LogP contribution is 2.41. The van der Waals surface area contributed by atoms with E-state index in [1.807, 2.05) is 6.07 Å². The number of benzene rings is 2. The summed E-state index contributed by atoms with van der Waals surface area (Å²) in [6.45, 7) is -0.177. The van der Waals surface area contributed by atoms with Crippen LogP contribution in [0, 0.1) is 0 Å². The van der Waals surface area contributed by atoms with Crippen LogP contribution < -0.4 is 14.8 Å². The first-order valence-corrected chi connectivity index (χ1v) is 12.1. The Bertz CT molecular complexity index is 1090. The molecule has 1 fully saturated rings. The van der Waals surface area contributed by atoms with Gasteiger partial charge in [-0.25, -0.2) is 4.79 Å². The molecule has 8 nitrogen and oxygen atoms in total. The summed E-state index contributed by atoms with van der Waals surface area (Å²) in [6.07, 6.45) is 0. The lowest BCUT2D eigenvalue weighted by Crippen LogP contribution is -2.71. The van der Waals surface area contributed by atoms with E-state index in [2.05, 4.69) is 5.32 Å². The third-order valence-corrected chi connectivity index (χ3v) is 7.02. The lowest BCUT2D eigenvalue weighted by atomic mass is 10.0.